The van der Waals surface area contributed by atoms with Gasteiger partial charge < -0.3 is 9.47 Å². The molecule has 1 fully saturated rings. The fourth-order valence-electron chi connectivity index (χ4n) is 3.57. The minimum atomic E-state index is -0.111. The second-order valence-corrected chi connectivity index (χ2v) is 9.27. The number of fused-ring (bicyclic) bond motifs is 2. The highest BCUT2D eigenvalue weighted by atomic mass is 35.5. The van der Waals surface area contributed by atoms with E-state index in [-0.39, 0.29) is 18.3 Å². The van der Waals surface area contributed by atoms with E-state index < -0.39 is 0 Å². The van der Waals surface area contributed by atoms with Crippen LogP contribution in [0.15, 0.2) is 42.5 Å². The molecule has 10 heteroatoms. The summed E-state index contributed by atoms with van der Waals surface area (Å²) in [6.07, 6.45) is 0. The van der Waals surface area contributed by atoms with Gasteiger partial charge in [-0.2, -0.15) is 0 Å². The van der Waals surface area contributed by atoms with Gasteiger partial charge in [0, 0.05) is 32.2 Å². The smallest absolute Gasteiger partial charge is 0.289 e. The molecule has 1 aliphatic rings. The summed E-state index contributed by atoms with van der Waals surface area (Å²) in [6, 6.07) is 13.6. The van der Waals surface area contributed by atoms with Crippen molar-refractivity contribution >= 4 is 66.6 Å². The zero-order valence-corrected chi connectivity index (χ0v) is 20.0. The van der Waals surface area contributed by atoms with Crippen LogP contribution in [0.25, 0.3) is 20.4 Å². The molecule has 168 valence electrons. The lowest BCUT2D eigenvalue weighted by Crippen LogP contribution is -2.43. The number of benzene rings is 2. The number of hydrogen-bond donors (Lipinski definition) is 0. The molecule has 1 amide bonds. The molecule has 0 N–H and O–H groups in total. The number of methoxy groups -OCH3 is 1. The van der Waals surface area contributed by atoms with Gasteiger partial charge in [-0.05, 0) is 24.3 Å². The van der Waals surface area contributed by atoms with Gasteiger partial charge in [-0.15, -0.1) is 23.7 Å². The fourth-order valence-corrected chi connectivity index (χ4v) is 5.45. The molecule has 4 aromatic rings. The molecule has 1 saturated heterocycles. The number of thiazole rings is 2. The largest absolute Gasteiger partial charge is 0.497 e. The number of amides is 1. The monoisotopic (exact) mass is 490 g/mol. The van der Waals surface area contributed by atoms with Crippen LogP contribution in [0.4, 0.5) is 5.13 Å². The Hall–Kier alpha value is -2.30. The molecule has 3 heterocycles. The second-order valence-electron chi connectivity index (χ2n) is 7.23. The Morgan fingerprint density at radius 2 is 1.88 bits per heavy atom. The van der Waals surface area contributed by atoms with Gasteiger partial charge in [0.2, 0.25) is 0 Å². The van der Waals surface area contributed by atoms with E-state index in [0.717, 1.165) is 59.0 Å². The van der Waals surface area contributed by atoms with Crippen molar-refractivity contribution < 1.29 is 14.3 Å². The van der Waals surface area contributed by atoms with E-state index >= 15 is 0 Å². The molecule has 7 nitrogen and oxygen atoms in total. The summed E-state index contributed by atoms with van der Waals surface area (Å²) in [5.41, 5.74) is 1.67. The molecule has 2 aromatic heterocycles. The van der Waals surface area contributed by atoms with E-state index in [1.54, 1.807) is 12.0 Å². The number of anilines is 1. The molecule has 0 saturated carbocycles. The standard InChI is InChI=1S/C22H22N4O3S2.ClH/c1-28-15-6-7-19-17(14-15)24-22(31-19)26(9-8-25-10-12-29-13-11-25)21(27)20-23-16-4-2-3-5-18(16)30-20;/h2-7,14H,8-13H2,1H3;1H. The highest BCUT2D eigenvalue weighted by Crippen LogP contribution is 2.33. The van der Waals surface area contributed by atoms with E-state index in [1.165, 1.54) is 22.7 Å². The van der Waals surface area contributed by atoms with Crippen LogP contribution in [0.2, 0.25) is 0 Å². The first-order valence-electron chi connectivity index (χ1n) is 10.1. The first-order chi connectivity index (χ1) is 15.2. The van der Waals surface area contributed by atoms with Gasteiger partial charge in [0.15, 0.2) is 10.1 Å². The minimum absolute atomic E-state index is 0. The van der Waals surface area contributed by atoms with Gasteiger partial charge in [0.1, 0.15) is 5.75 Å². The van der Waals surface area contributed by atoms with E-state index in [2.05, 4.69) is 9.88 Å². The zero-order chi connectivity index (χ0) is 21.2. The molecule has 0 unspecified atom stereocenters. The van der Waals surface area contributed by atoms with Crippen molar-refractivity contribution in [1.82, 2.24) is 14.9 Å². The summed E-state index contributed by atoms with van der Waals surface area (Å²) in [5, 5.41) is 1.17. The van der Waals surface area contributed by atoms with Crippen molar-refractivity contribution in [2.45, 2.75) is 0 Å². The van der Waals surface area contributed by atoms with Gasteiger partial charge in [-0.25, -0.2) is 9.97 Å². The maximum absolute atomic E-state index is 13.6. The van der Waals surface area contributed by atoms with Crippen LogP contribution in [0.1, 0.15) is 9.80 Å². The zero-order valence-electron chi connectivity index (χ0n) is 17.5. The number of carbonyl (C=O) groups excluding carboxylic acids is 1. The van der Waals surface area contributed by atoms with Gasteiger partial charge in [-0.3, -0.25) is 14.6 Å². The number of halogens is 1. The number of ether oxygens (including phenoxy) is 2. The second kappa shape index (κ2) is 10.1. The third-order valence-electron chi connectivity index (χ3n) is 5.28. The van der Waals surface area contributed by atoms with Crippen LogP contribution in [0.3, 0.4) is 0 Å². The normalized spacial score (nSPS) is 14.4. The van der Waals surface area contributed by atoms with Crippen LogP contribution in [0, 0.1) is 0 Å². The summed E-state index contributed by atoms with van der Waals surface area (Å²) in [6.45, 7) is 4.52. The molecule has 0 atom stereocenters. The Bertz CT molecular complexity index is 1190. The van der Waals surface area contributed by atoms with Crippen molar-refractivity contribution in [1.29, 1.82) is 0 Å². The van der Waals surface area contributed by atoms with E-state index in [9.17, 15) is 4.79 Å². The lowest BCUT2D eigenvalue weighted by molar-refractivity contribution is 0.0391. The summed E-state index contributed by atoms with van der Waals surface area (Å²) in [5.74, 6) is 0.641. The van der Waals surface area contributed by atoms with Crippen LogP contribution < -0.4 is 9.64 Å². The number of nitrogens with zero attached hydrogens (tertiary/aromatic N) is 4. The Balaban J connectivity index is 0.00000245. The Labute approximate surface area is 200 Å². The average molecular weight is 491 g/mol. The Morgan fingerprint density at radius 3 is 2.66 bits per heavy atom. The number of aromatic nitrogens is 2. The number of para-hydroxylation sites is 1. The summed E-state index contributed by atoms with van der Waals surface area (Å²) in [4.78, 5) is 27.0. The maximum atomic E-state index is 13.6. The molecule has 5 rings (SSSR count). The lowest BCUT2D eigenvalue weighted by Gasteiger charge is -2.28. The third kappa shape index (κ3) is 4.72. The summed E-state index contributed by atoms with van der Waals surface area (Å²) in [7, 11) is 1.64. The molecule has 0 radical (unpaired) electrons. The van der Waals surface area contributed by atoms with Crippen molar-refractivity contribution in [2.24, 2.45) is 0 Å². The Morgan fingerprint density at radius 1 is 1.09 bits per heavy atom. The summed E-state index contributed by atoms with van der Waals surface area (Å²) < 4.78 is 12.8. The molecular weight excluding hydrogens is 468 g/mol. The predicted octanol–water partition coefficient (Wildman–Crippen LogP) is 4.32. The molecule has 1 aliphatic heterocycles. The molecule has 0 spiro atoms. The lowest BCUT2D eigenvalue weighted by atomic mass is 10.3. The molecule has 0 aliphatic carbocycles. The first-order valence-corrected chi connectivity index (χ1v) is 11.8. The fraction of sp³-hybridized carbons (Fsp3) is 0.318. The van der Waals surface area contributed by atoms with E-state index in [4.69, 9.17) is 14.5 Å². The number of morpholine rings is 1. The minimum Gasteiger partial charge on any atom is -0.497 e. The highest BCUT2D eigenvalue weighted by molar-refractivity contribution is 7.23. The van der Waals surface area contributed by atoms with E-state index in [0.29, 0.717) is 16.7 Å². The average Bonchev–Trinajstić information content (AvgIpc) is 3.43. The quantitative estimate of drug-likeness (QED) is 0.401. The molecule has 0 bridgehead atoms. The van der Waals surface area contributed by atoms with Crippen LogP contribution in [-0.2, 0) is 4.74 Å². The maximum Gasteiger partial charge on any atom is 0.289 e. The molecular formula is C22H23ClN4O3S2. The van der Waals surface area contributed by atoms with Gasteiger partial charge in [-0.1, -0.05) is 23.5 Å². The van der Waals surface area contributed by atoms with Crippen LogP contribution >= 0.6 is 35.1 Å². The Kier molecular flexibility index (Phi) is 7.22. The van der Waals surface area contributed by atoms with Crippen molar-refractivity contribution in [2.75, 3.05) is 51.4 Å². The SMILES string of the molecule is COc1ccc2sc(N(CCN3CCOCC3)C(=O)c3nc4ccccc4s3)nc2c1.Cl. The van der Waals surface area contributed by atoms with Crippen LogP contribution in [0.5, 0.6) is 5.75 Å². The number of carbonyl (C=O) groups is 1. The van der Waals surface area contributed by atoms with Gasteiger partial charge >= 0.3 is 0 Å². The van der Waals surface area contributed by atoms with Crippen molar-refractivity contribution in [3.63, 3.8) is 0 Å². The predicted molar refractivity (Wildman–Crippen MR) is 132 cm³/mol. The topological polar surface area (TPSA) is 67.8 Å². The third-order valence-corrected chi connectivity index (χ3v) is 7.36. The van der Waals surface area contributed by atoms with Crippen molar-refractivity contribution in [3.8, 4) is 5.75 Å². The number of rotatable bonds is 6. The first kappa shape index (κ1) is 22.9. The number of hydrogen-bond acceptors (Lipinski definition) is 8. The summed E-state index contributed by atoms with van der Waals surface area (Å²) >= 11 is 2.94. The molecule has 32 heavy (non-hydrogen) atoms. The van der Waals surface area contributed by atoms with Crippen molar-refractivity contribution in [3.05, 3.63) is 47.5 Å². The highest BCUT2D eigenvalue weighted by Gasteiger charge is 2.25. The van der Waals surface area contributed by atoms with Gasteiger partial charge in [0.25, 0.3) is 5.91 Å². The molecule has 2 aromatic carbocycles. The van der Waals surface area contributed by atoms with Gasteiger partial charge in [0.05, 0.1) is 40.8 Å². The van der Waals surface area contributed by atoms with Crippen LogP contribution in [-0.4, -0.2) is 67.3 Å². The van der Waals surface area contributed by atoms with E-state index in [1.807, 2.05) is 42.5 Å².